The van der Waals surface area contributed by atoms with Gasteiger partial charge < -0.3 is 10.0 Å². The molecule has 4 aromatic rings. The fraction of sp³-hybridized carbons (Fsp3) is 0.176. The summed E-state index contributed by atoms with van der Waals surface area (Å²) >= 11 is 6.00. The van der Waals surface area contributed by atoms with Crippen molar-refractivity contribution in [2.75, 3.05) is 11.9 Å². The van der Waals surface area contributed by atoms with Crippen LogP contribution in [-0.4, -0.2) is 23.9 Å². The average Bonchev–Trinajstić information content (AvgIpc) is 2.95. The second kappa shape index (κ2) is 11.7. The first kappa shape index (κ1) is 27.9. The molecule has 0 radical (unpaired) electrons. The number of allylic oxidation sites excluding steroid dienone is 1. The van der Waals surface area contributed by atoms with Crippen molar-refractivity contribution in [2.45, 2.75) is 33.1 Å². The molecule has 0 amide bonds. The SMILES string of the molecule is C=CC(c1cc(C)c(C)cc1CC)c1ccc(C(=O)c2ccc(N(C)c3ccc(Cl)cc3)cc2)cc1C(=O)O. The molecule has 0 aromatic heterocycles. The highest BCUT2D eigenvalue weighted by Gasteiger charge is 2.23. The van der Waals surface area contributed by atoms with E-state index in [4.69, 9.17) is 11.6 Å². The van der Waals surface area contributed by atoms with Crippen molar-refractivity contribution in [3.63, 3.8) is 0 Å². The van der Waals surface area contributed by atoms with Crippen LogP contribution in [0.2, 0.25) is 5.02 Å². The number of hydrogen-bond donors (Lipinski definition) is 1. The molecule has 198 valence electrons. The molecule has 0 aliphatic heterocycles. The van der Waals surface area contributed by atoms with E-state index in [1.165, 1.54) is 11.6 Å². The van der Waals surface area contributed by atoms with Crippen LogP contribution in [0.25, 0.3) is 0 Å². The topological polar surface area (TPSA) is 57.6 Å². The summed E-state index contributed by atoms with van der Waals surface area (Å²) in [6, 6.07) is 24.0. The zero-order valence-electron chi connectivity index (χ0n) is 22.7. The Morgan fingerprint density at radius 2 is 1.44 bits per heavy atom. The van der Waals surface area contributed by atoms with E-state index < -0.39 is 5.97 Å². The Bertz CT molecular complexity index is 1540. The molecule has 0 saturated carbocycles. The second-order valence-electron chi connectivity index (χ2n) is 9.72. The van der Waals surface area contributed by atoms with E-state index in [2.05, 4.69) is 39.5 Å². The maximum Gasteiger partial charge on any atom is 0.336 e. The molecule has 4 rings (SSSR count). The van der Waals surface area contributed by atoms with Crippen LogP contribution in [0.15, 0.2) is 91.5 Å². The molecule has 1 atom stereocenters. The lowest BCUT2D eigenvalue weighted by Gasteiger charge is -2.21. The van der Waals surface area contributed by atoms with Crippen LogP contribution in [0.4, 0.5) is 11.4 Å². The number of rotatable bonds is 9. The number of aromatic carboxylic acids is 1. The van der Waals surface area contributed by atoms with Gasteiger partial charge in [0.2, 0.25) is 0 Å². The van der Waals surface area contributed by atoms with E-state index in [9.17, 15) is 14.7 Å². The Labute approximate surface area is 235 Å². The Morgan fingerprint density at radius 3 is 2.00 bits per heavy atom. The van der Waals surface area contributed by atoms with Crippen LogP contribution >= 0.6 is 11.6 Å². The molecular formula is C34H32ClNO3. The number of hydrogen-bond acceptors (Lipinski definition) is 3. The van der Waals surface area contributed by atoms with Gasteiger partial charge in [-0.25, -0.2) is 4.79 Å². The van der Waals surface area contributed by atoms with Crippen molar-refractivity contribution in [1.82, 2.24) is 0 Å². The maximum absolute atomic E-state index is 13.4. The minimum atomic E-state index is -1.08. The highest BCUT2D eigenvalue weighted by molar-refractivity contribution is 6.30. The van der Waals surface area contributed by atoms with Gasteiger partial charge in [-0.3, -0.25) is 4.79 Å². The number of anilines is 2. The summed E-state index contributed by atoms with van der Waals surface area (Å²) in [5.41, 5.74) is 7.93. The van der Waals surface area contributed by atoms with Gasteiger partial charge in [0.05, 0.1) is 5.56 Å². The third-order valence-electron chi connectivity index (χ3n) is 7.32. The van der Waals surface area contributed by atoms with Crippen LogP contribution in [0, 0.1) is 13.8 Å². The highest BCUT2D eigenvalue weighted by Crippen LogP contribution is 2.34. The molecule has 0 spiro atoms. The van der Waals surface area contributed by atoms with Gasteiger partial charge in [-0.05, 0) is 103 Å². The van der Waals surface area contributed by atoms with Gasteiger partial charge in [0.25, 0.3) is 0 Å². The third kappa shape index (κ3) is 5.81. The van der Waals surface area contributed by atoms with Crippen molar-refractivity contribution in [3.8, 4) is 0 Å². The summed E-state index contributed by atoms with van der Waals surface area (Å²) in [4.78, 5) is 27.7. The van der Waals surface area contributed by atoms with Gasteiger partial charge in [-0.15, -0.1) is 6.58 Å². The molecule has 39 heavy (non-hydrogen) atoms. The van der Waals surface area contributed by atoms with Crippen molar-refractivity contribution in [1.29, 1.82) is 0 Å². The average molecular weight is 538 g/mol. The molecule has 0 saturated heterocycles. The number of carboxylic acid groups (broad SMARTS) is 1. The van der Waals surface area contributed by atoms with Gasteiger partial charge in [-0.1, -0.05) is 48.9 Å². The lowest BCUT2D eigenvalue weighted by Crippen LogP contribution is -2.12. The van der Waals surface area contributed by atoms with Gasteiger partial charge in [0.15, 0.2) is 5.78 Å². The molecule has 0 bridgehead atoms. The maximum atomic E-state index is 13.4. The highest BCUT2D eigenvalue weighted by atomic mass is 35.5. The molecule has 1 unspecified atom stereocenters. The molecule has 0 fully saturated rings. The van der Waals surface area contributed by atoms with Gasteiger partial charge in [-0.2, -0.15) is 0 Å². The summed E-state index contributed by atoms with van der Waals surface area (Å²) in [6.07, 6.45) is 2.60. The van der Waals surface area contributed by atoms with Crippen molar-refractivity contribution >= 4 is 34.7 Å². The minimum absolute atomic E-state index is 0.102. The second-order valence-corrected chi connectivity index (χ2v) is 10.2. The number of carboxylic acids is 1. The largest absolute Gasteiger partial charge is 0.478 e. The monoisotopic (exact) mass is 537 g/mol. The van der Waals surface area contributed by atoms with Gasteiger partial charge in [0.1, 0.15) is 0 Å². The van der Waals surface area contributed by atoms with Crippen molar-refractivity contribution in [3.05, 3.63) is 141 Å². The normalized spacial score (nSPS) is 11.6. The number of nitrogens with zero attached hydrogens (tertiary/aromatic N) is 1. The first-order valence-corrected chi connectivity index (χ1v) is 13.3. The van der Waals surface area contributed by atoms with E-state index in [1.54, 1.807) is 30.3 Å². The lowest BCUT2D eigenvalue weighted by atomic mass is 9.82. The first-order valence-electron chi connectivity index (χ1n) is 12.9. The summed E-state index contributed by atoms with van der Waals surface area (Å²) in [5.74, 6) is -1.62. The van der Waals surface area contributed by atoms with E-state index >= 15 is 0 Å². The Balaban J connectivity index is 1.66. The van der Waals surface area contributed by atoms with Crippen molar-refractivity contribution < 1.29 is 14.7 Å². The molecule has 5 heteroatoms. The van der Waals surface area contributed by atoms with E-state index in [1.807, 2.05) is 48.3 Å². The smallest absolute Gasteiger partial charge is 0.336 e. The molecule has 4 nitrogen and oxygen atoms in total. The van der Waals surface area contributed by atoms with Crippen LogP contribution in [-0.2, 0) is 6.42 Å². The third-order valence-corrected chi connectivity index (χ3v) is 7.57. The number of halogens is 1. The van der Waals surface area contributed by atoms with E-state index in [-0.39, 0.29) is 17.3 Å². The van der Waals surface area contributed by atoms with Crippen LogP contribution in [0.3, 0.4) is 0 Å². The standard InChI is InChI=1S/C34H32ClNO3/c1-6-23-18-21(3)22(4)19-31(23)29(7-2)30-17-10-25(20-32(30)34(38)39)33(37)24-8-13-27(14-9-24)36(5)28-15-11-26(35)12-16-28/h7-20,29H,2,6H2,1,3-5H3,(H,38,39). The zero-order valence-corrected chi connectivity index (χ0v) is 23.4. The summed E-state index contributed by atoms with van der Waals surface area (Å²) in [7, 11) is 1.94. The van der Waals surface area contributed by atoms with Gasteiger partial charge in [0, 0.05) is 40.5 Å². The van der Waals surface area contributed by atoms with Crippen molar-refractivity contribution in [2.24, 2.45) is 0 Å². The fourth-order valence-corrected chi connectivity index (χ4v) is 5.01. The lowest BCUT2D eigenvalue weighted by molar-refractivity contribution is 0.0695. The summed E-state index contributed by atoms with van der Waals surface area (Å²) in [6.45, 7) is 10.2. The number of carbonyl (C=O) groups is 2. The van der Waals surface area contributed by atoms with Gasteiger partial charge >= 0.3 is 5.97 Å². The number of ketones is 1. The van der Waals surface area contributed by atoms with Crippen LogP contribution in [0.1, 0.15) is 66.9 Å². The van der Waals surface area contributed by atoms with Crippen LogP contribution < -0.4 is 4.90 Å². The summed E-state index contributed by atoms with van der Waals surface area (Å²) < 4.78 is 0. The fourth-order valence-electron chi connectivity index (χ4n) is 4.89. The Morgan fingerprint density at radius 1 is 0.872 bits per heavy atom. The Hall–Kier alpha value is -4.15. The first-order chi connectivity index (χ1) is 18.6. The zero-order chi connectivity index (χ0) is 28.3. The number of benzene rings is 4. The number of aryl methyl sites for hydroxylation is 3. The predicted octanol–water partition coefficient (Wildman–Crippen LogP) is 8.53. The Kier molecular flexibility index (Phi) is 8.37. The molecule has 4 aromatic carbocycles. The molecule has 0 heterocycles. The van der Waals surface area contributed by atoms with E-state index in [0.29, 0.717) is 21.7 Å². The summed E-state index contributed by atoms with van der Waals surface area (Å²) in [5, 5.41) is 10.8. The molecular weight excluding hydrogens is 506 g/mol. The van der Waals surface area contributed by atoms with E-state index in [0.717, 1.165) is 34.5 Å². The molecule has 0 aliphatic rings. The molecule has 0 aliphatic carbocycles. The van der Waals surface area contributed by atoms with Crippen LogP contribution in [0.5, 0.6) is 0 Å². The number of carbonyl (C=O) groups excluding carboxylic acids is 1. The quantitative estimate of drug-likeness (QED) is 0.172. The molecule has 1 N–H and O–H groups in total. The minimum Gasteiger partial charge on any atom is -0.478 e. The predicted molar refractivity (Wildman–Crippen MR) is 160 cm³/mol.